The topological polar surface area (TPSA) is 25.8 Å². The number of halogens is 1. The van der Waals surface area contributed by atoms with Crippen molar-refractivity contribution < 1.29 is 4.39 Å². The van der Waals surface area contributed by atoms with Gasteiger partial charge in [-0.2, -0.15) is 0 Å². The van der Waals surface area contributed by atoms with Crippen molar-refractivity contribution in [3.63, 3.8) is 0 Å². The Labute approximate surface area is 97.8 Å². The number of nitrogens with zero attached hydrogens (tertiary/aromatic N) is 2. The number of fused-ring (bicyclic) bond motifs is 1. The zero-order valence-electron chi connectivity index (χ0n) is 8.97. The fraction of sp³-hybridized carbons (Fsp3) is 0. The van der Waals surface area contributed by atoms with E-state index in [2.05, 4.69) is 9.97 Å². The second kappa shape index (κ2) is 3.94. The minimum absolute atomic E-state index is 0.309. The maximum atomic E-state index is 13.6. The molecule has 17 heavy (non-hydrogen) atoms. The zero-order valence-corrected chi connectivity index (χ0v) is 8.97. The summed E-state index contributed by atoms with van der Waals surface area (Å²) >= 11 is 0. The van der Waals surface area contributed by atoms with Gasteiger partial charge in [0.15, 0.2) is 0 Å². The van der Waals surface area contributed by atoms with E-state index in [0.29, 0.717) is 5.56 Å². The molecule has 82 valence electrons. The van der Waals surface area contributed by atoms with Crippen LogP contribution in [0.4, 0.5) is 4.39 Å². The lowest BCUT2D eigenvalue weighted by Gasteiger charge is -2.04. The summed E-state index contributed by atoms with van der Waals surface area (Å²) in [6, 6.07) is 11.2. The molecule has 3 aromatic rings. The summed E-state index contributed by atoms with van der Waals surface area (Å²) in [7, 11) is 0. The van der Waals surface area contributed by atoms with Crippen LogP contribution in [-0.2, 0) is 0 Å². The van der Waals surface area contributed by atoms with E-state index in [1.54, 1.807) is 18.5 Å². The molecule has 1 aromatic carbocycles. The van der Waals surface area contributed by atoms with E-state index in [0.717, 1.165) is 16.5 Å². The molecule has 0 atom stereocenters. The second-order valence-corrected chi connectivity index (χ2v) is 3.77. The van der Waals surface area contributed by atoms with Crippen LogP contribution in [-0.4, -0.2) is 9.97 Å². The van der Waals surface area contributed by atoms with Crippen LogP contribution in [0.15, 0.2) is 55.0 Å². The van der Waals surface area contributed by atoms with E-state index < -0.39 is 0 Å². The van der Waals surface area contributed by atoms with Gasteiger partial charge in [-0.05, 0) is 29.8 Å². The van der Waals surface area contributed by atoms with Gasteiger partial charge in [-0.1, -0.05) is 12.1 Å². The Bertz CT molecular complexity index is 680. The second-order valence-electron chi connectivity index (χ2n) is 3.77. The Morgan fingerprint density at radius 1 is 1.00 bits per heavy atom. The van der Waals surface area contributed by atoms with Crippen LogP contribution in [0.2, 0.25) is 0 Å². The lowest BCUT2D eigenvalue weighted by molar-refractivity contribution is 0.625. The smallest absolute Gasteiger partial charge is 0.149 e. The summed E-state index contributed by atoms with van der Waals surface area (Å²) in [5.41, 5.74) is 2.31. The first-order chi connectivity index (χ1) is 8.34. The van der Waals surface area contributed by atoms with E-state index in [9.17, 15) is 4.39 Å². The molecule has 0 N–H and O–H groups in total. The maximum absolute atomic E-state index is 13.6. The predicted molar refractivity (Wildman–Crippen MR) is 64.9 cm³/mol. The first-order valence-electron chi connectivity index (χ1n) is 5.29. The average molecular weight is 224 g/mol. The zero-order chi connectivity index (χ0) is 11.7. The van der Waals surface area contributed by atoms with Gasteiger partial charge in [0.1, 0.15) is 5.82 Å². The van der Waals surface area contributed by atoms with Gasteiger partial charge in [0, 0.05) is 23.3 Å². The maximum Gasteiger partial charge on any atom is 0.149 e. The molecule has 0 saturated carbocycles. The molecule has 0 bridgehead atoms. The molecule has 0 aliphatic rings. The van der Waals surface area contributed by atoms with Crippen molar-refractivity contribution in [2.45, 2.75) is 0 Å². The highest BCUT2D eigenvalue weighted by atomic mass is 19.1. The lowest BCUT2D eigenvalue weighted by Crippen LogP contribution is -1.86. The van der Waals surface area contributed by atoms with E-state index in [1.165, 1.54) is 6.20 Å². The molecule has 0 radical (unpaired) electrons. The summed E-state index contributed by atoms with van der Waals surface area (Å²) in [4.78, 5) is 7.98. The van der Waals surface area contributed by atoms with Gasteiger partial charge in [-0.25, -0.2) is 4.39 Å². The Kier molecular flexibility index (Phi) is 2.29. The third-order valence-electron chi connectivity index (χ3n) is 2.69. The van der Waals surface area contributed by atoms with Gasteiger partial charge < -0.3 is 0 Å². The molecule has 2 heterocycles. The van der Waals surface area contributed by atoms with Crippen LogP contribution in [0.3, 0.4) is 0 Å². The third-order valence-corrected chi connectivity index (χ3v) is 2.69. The van der Waals surface area contributed by atoms with Gasteiger partial charge in [-0.3, -0.25) is 9.97 Å². The van der Waals surface area contributed by atoms with E-state index in [1.807, 2.05) is 30.3 Å². The molecule has 0 amide bonds. The average Bonchev–Trinajstić information content (AvgIpc) is 2.39. The van der Waals surface area contributed by atoms with Crippen LogP contribution >= 0.6 is 0 Å². The molecule has 0 aliphatic carbocycles. The molecule has 2 aromatic heterocycles. The predicted octanol–water partition coefficient (Wildman–Crippen LogP) is 3.44. The van der Waals surface area contributed by atoms with E-state index in [-0.39, 0.29) is 5.82 Å². The van der Waals surface area contributed by atoms with Crippen molar-refractivity contribution in [1.29, 1.82) is 0 Å². The van der Waals surface area contributed by atoms with Gasteiger partial charge in [0.2, 0.25) is 0 Å². The quantitative estimate of drug-likeness (QED) is 0.632. The molecule has 3 rings (SSSR count). The standard InChI is InChI=1S/C14H9FN2/c15-13-9-16-7-5-12(13)10-3-4-14-11(8-10)2-1-6-17-14/h1-9H. The van der Waals surface area contributed by atoms with Crippen molar-refractivity contribution in [3.05, 3.63) is 60.8 Å². The number of aromatic nitrogens is 2. The molecular weight excluding hydrogens is 215 g/mol. The Balaban J connectivity index is 2.22. The minimum Gasteiger partial charge on any atom is -0.262 e. The number of rotatable bonds is 1. The highest BCUT2D eigenvalue weighted by Crippen LogP contribution is 2.24. The van der Waals surface area contributed by atoms with Crippen molar-refractivity contribution in [2.75, 3.05) is 0 Å². The lowest BCUT2D eigenvalue weighted by atomic mass is 10.0. The van der Waals surface area contributed by atoms with Gasteiger partial charge in [0.05, 0.1) is 11.7 Å². The number of pyridine rings is 2. The monoisotopic (exact) mass is 224 g/mol. The van der Waals surface area contributed by atoms with Crippen LogP contribution in [0.1, 0.15) is 0 Å². The van der Waals surface area contributed by atoms with Crippen LogP contribution in [0.25, 0.3) is 22.0 Å². The Morgan fingerprint density at radius 2 is 1.94 bits per heavy atom. The highest BCUT2D eigenvalue weighted by molar-refractivity contribution is 5.84. The highest BCUT2D eigenvalue weighted by Gasteiger charge is 2.05. The summed E-state index contributed by atoms with van der Waals surface area (Å²) in [6.45, 7) is 0. The van der Waals surface area contributed by atoms with Gasteiger partial charge >= 0.3 is 0 Å². The molecule has 2 nitrogen and oxygen atoms in total. The van der Waals surface area contributed by atoms with E-state index in [4.69, 9.17) is 0 Å². The van der Waals surface area contributed by atoms with Gasteiger partial charge in [0.25, 0.3) is 0 Å². The molecule has 3 heteroatoms. The van der Waals surface area contributed by atoms with Crippen LogP contribution in [0.5, 0.6) is 0 Å². The number of hydrogen-bond donors (Lipinski definition) is 0. The largest absolute Gasteiger partial charge is 0.262 e. The third kappa shape index (κ3) is 1.76. The van der Waals surface area contributed by atoms with Crippen molar-refractivity contribution in [1.82, 2.24) is 9.97 Å². The Morgan fingerprint density at radius 3 is 2.82 bits per heavy atom. The van der Waals surface area contributed by atoms with Gasteiger partial charge in [-0.15, -0.1) is 0 Å². The summed E-state index contributed by atoms with van der Waals surface area (Å²) in [5.74, 6) is -0.309. The number of hydrogen-bond acceptors (Lipinski definition) is 2. The summed E-state index contributed by atoms with van der Waals surface area (Å²) in [5, 5.41) is 1.00. The Hall–Kier alpha value is -2.29. The summed E-state index contributed by atoms with van der Waals surface area (Å²) in [6.07, 6.45) is 4.56. The van der Waals surface area contributed by atoms with Crippen molar-refractivity contribution >= 4 is 10.9 Å². The normalized spacial score (nSPS) is 10.6. The van der Waals surface area contributed by atoms with Crippen molar-refractivity contribution in [3.8, 4) is 11.1 Å². The fourth-order valence-corrected chi connectivity index (χ4v) is 1.85. The molecule has 0 aliphatic heterocycles. The SMILES string of the molecule is Fc1cnccc1-c1ccc2ncccc2c1. The van der Waals surface area contributed by atoms with Crippen LogP contribution in [0, 0.1) is 5.82 Å². The van der Waals surface area contributed by atoms with E-state index >= 15 is 0 Å². The minimum atomic E-state index is -0.309. The number of benzene rings is 1. The molecule has 0 saturated heterocycles. The van der Waals surface area contributed by atoms with Crippen molar-refractivity contribution in [2.24, 2.45) is 0 Å². The summed E-state index contributed by atoms with van der Waals surface area (Å²) < 4.78 is 13.6. The van der Waals surface area contributed by atoms with Crippen LogP contribution < -0.4 is 0 Å². The molecule has 0 fully saturated rings. The fourth-order valence-electron chi connectivity index (χ4n) is 1.85. The first-order valence-corrected chi connectivity index (χ1v) is 5.29. The molecular formula is C14H9FN2. The molecule has 0 spiro atoms. The first kappa shape index (κ1) is 9.90. The molecule has 0 unspecified atom stereocenters.